The van der Waals surface area contributed by atoms with Gasteiger partial charge in [-0.2, -0.15) is 0 Å². The fraction of sp³-hybridized carbons (Fsp3) is 0.568. The number of piperidine rings is 1. The Labute approximate surface area is 348 Å². The summed E-state index contributed by atoms with van der Waals surface area (Å²) in [7, 11) is 4.85. The molecule has 1 N–H and O–H groups in total. The van der Waals surface area contributed by atoms with Crippen LogP contribution in [-0.4, -0.2) is 129 Å². The lowest BCUT2D eigenvalue weighted by molar-refractivity contribution is -0.137. The molecule has 1 amide bonds. The molecule has 0 saturated carbocycles. The Morgan fingerprint density at radius 3 is 1.98 bits per heavy atom. The molecule has 0 radical (unpaired) electrons. The molecule has 0 aromatic heterocycles. The number of nitrogens with zero attached hydrogens (tertiary/aromatic N) is 4. The van der Waals surface area contributed by atoms with Crippen LogP contribution in [0.15, 0.2) is 65.0 Å². The number of halogens is 2. The Bertz CT molecular complexity index is 1790. The van der Waals surface area contributed by atoms with Crippen molar-refractivity contribution in [1.29, 1.82) is 0 Å². The number of methoxy groups -OCH3 is 2. The molecule has 4 heterocycles. The number of aryl methyl sites for hydroxylation is 1. The fourth-order valence-electron chi connectivity index (χ4n) is 9.32. The van der Waals surface area contributed by atoms with Crippen LogP contribution >= 0.6 is 23.2 Å². The highest BCUT2D eigenvalue weighted by molar-refractivity contribution is 6.36. The Morgan fingerprint density at radius 1 is 0.789 bits per heavy atom. The summed E-state index contributed by atoms with van der Waals surface area (Å²) in [6.07, 6.45) is 5.70. The van der Waals surface area contributed by atoms with Gasteiger partial charge in [0.05, 0.1) is 50.9 Å². The minimum Gasteiger partial charge on any atom is -0.466 e. The van der Waals surface area contributed by atoms with Gasteiger partial charge < -0.3 is 34.2 Å². The predicted octanol–water partition coefficient (Wildman–Crippen LogP) is 6.19. The minimum absolute atomic E-state index is 0.101. The topological polar surface area (TPSA) is 104 Å². The fourth-order valence-corrected chi connectivity index (χ4v) is 9.94. The summed E-state index contributed by atoms with van der Waals surface area (Å²) in [4.78, 5) is 51.4. The van der Waals surface area contributed by atoms with Crippen molar-refractivity contribution in [3.05, 3.63) is 91.7 Å². The number of amides is 1. The Kier molecular flexibility index (Phi) is 15.1. The molecular formula is C44H59Cl2N5O6. The van der Waals surface area contributed by atoms with Gasteiger partial charge in [-0.3, -0.25) is 9.69 Å². The van der Waals surface area contributed by atoms with E-state index < -0.39 is 17.9 Å². The van der Waals surface area contributed by atoms with Crippen LogP contribution in [0, 0.1) is 0 Å². The second-order valence-electron chi connectivity index (χ2n) is 15.6. The van der Waals surface area contributed by atoms with Crippen LogP contribution in [0.4, 0.5) is 0 Å². The number of nitrogens with one attached hydrogen (secondary N) is 1. The van der Waals surface area contributed by atoms with E-state index in [4.69, 9.17) is 37.4 Å². The molecule has 3 saturated heterocycles. The van der Waals surface area contributed by atoms with Crippen molar-refractivity contribution in [2.24, 2.45) is 0 Å². The summed E-state index contributed by atoms with van der Waals surface area (Å²) in [5.41, 5.74) is 3.66. The zero-order valence-corrected chi connectivity index (χ0v) is 35.7. The second kappa shape index (κ2) is 20.0. The first-order chi connectivity index (χ1) is 27.6. The van der Waals surface area contributed by atoms with Gasteiger partial charge in [-0.05, 0) is 81.9 Å². The average molecular weight is 825 g/mol. The van der Waals surface area contributed by atoms with E-state index in [0.717, 1.165) is 43.9 Å². The lowest BCUT2D eigenvalue weighted by atomic mass is 9.78. The smallest absolute Gasteiger partial charge is 0.336 e. The molecule has 2 aromatic carbocycles. The van der Waals surface area contributed by atoms with Gasteiger partial charge in [-0.15, -0.1) is 0 Å². The van der Waals surface area contributed by atoms with E-state index in [0.29, 0.717) is 74.2 Å². The molecule has 2 unspecified atom stereocenters. The first-order valence-corrected chi connectivity index (χ1v) is 21.3. The number of piperazine rings is 1. The first kappa shape index (κ1) is 43.1. The first-order valence-electron chi connectivity index (χ1n) is 20.5. The van der Waals surface area contributed by atoms with Crippen LogP contribution in [0.1, 0.15) is 75.0 Å². The maximum Gasteiger partial charge on any atom is 0.336 e. The third-order valence-electron chi connectivity index (χ3n) is 12.7. The Morgan fingerprint density at radius 2 is 1.39 bits per heavy atom. The lowest BCUT2D eigenvalue weighted by Gasteiger charge is -2.45. The lowest BCUT2D eigenvalue weighted by Crippen LogP contribution is -2.56. The molecule has 6 rings (SSSR count). The van der Waals surface area contributed by atoms with Crippen LogP contribution < -0.4 is 5.32 Å². The molecule has 11 nitrogen and oxygen atoms in total. The van der Waals surface area contributed by atoms with Gasteiger partial charge in [-0.1, -0.05) is 67.4 Å². The van der Waals surface area contributed by atoms with Crippen molar-refractivity contribution in [3.63, 3.8) is 0 Å². The zero-order valence-electron chi connectivity index (χ0n) is 34.2. The summed E-state index contributed by atoms with van der Waals surface area (Å²) >= 11 is 13.7. The summed E-state index contributed by atoms with van der Waals surface area (Å²) in [6, 6.07) is 15.0. The van der Waals surface area contributed by atoms with E-state index in [1.54, 1.807) is 18.2 Å². The Hall–Kier alpha value is -3.45. The highest BCUT2D eigenvalue weighted by Crippen LogP contribution is 2.46. The van der Waals surface area contributed by atoms with Gasteiger partial charge in [0, 0.05) is 77.9 Å². The van der Waals surface area contributed by atoms with E-state index in [-0.39, 0.29) is 33.5 Å². The van der Waals surface area contributed by atoms with Crippen molar-refractivity contribution in [2.75, 3.05) is 73.7 Å². The van der Waals surface area contributed by atoms with Gasteiger partial charge in [-0.25, -0.2) is 9.59 Å². The van der Waals surface area contributed by atoms with Crippen molar-refractivity contribution in [3.8, 4) is 0 Å². The number of ether oxygens (including phenoxy) is 3. The number of hydrogen-bond donors (Lipinski definition) is 1. The molecule has 4 aliphatic heterocycles. The predicted molar refractivity (Wildman–Crippen MR) is 223 cm³/mol. The third-order valence-corrected chi connectivity index (χ3v) is 13.3. The van der Waals surface area contributed by atoms with E-state index in [1.165, 1.54) is 39.9 Å². The molecular weight excluding hydrogens is 765 g/mol. The highest BCUT2D eigenvalue weighted by atomic mass is 35.5. The summed E-state index contributed by atoms with van der Waals surface area (Å²) < 4.78 is 16.9. The molecule has 4 aliphatic rings. The number of benzene rings is 2. The monoisotopic (exact) mass is 823 g/mol. The van der Waals surface area contributed by atoms with Gasteiger partial charge in [0.1, 0.15) is 0 Å². The number of carbonyl (C=O) groups excluding carboxylic acids is 3. The molecule has 3 fully saturated rings. The number of allylic oxidation sites excluding steroid dienone is 1. The molecule has 310 valence electrons. The number of esters is 2. The molecule has 0 aliphatic carbocycles. The van der Waals surface area contributed by atoms with E-state index in [1.807, 2.05) is 17.0 Å². The van der Waals surface area contributed by atoms with Crippen molar-refractivity contribution in [2.45, 2.75) is 89.4 Å². The number of fused-ring (bicyclic) bond motifs is 2. The summed E-state index contributed by atoms with van der Waals surface area (Å²) in [5, 5.41) is 3.96. The molecule has 2 bridgehead atoms. The van der Waals surface area contributed by atoms with Crippen LogP contribution in [0.3, 0.4) is 0 Å². The number of hydrogen-bond acceptors (Lipinski definition) is 10. The van der Waals surface area contributed by atoms with Crippen molar-refractivity contribution >= 4 is 41.0 Å². The largest absolute Gasteiger partial charge is 0.466 e. The SMILES string of the molecule is CCN(CC)CCOCc1ccccc1CCC1=C(C(=O)OC)[C@@H](c2c(Cl)cccc2Cl)C(C(=O)OC)=C(CC(=O)N2CCN(C3CC4CCC(C3)N4C)CC2)N1. The van der Waals surface area contributed by atoms with Gasteiger partial charge in [0.15, 0.2) is 0 Å². The van der Waals surface area contributed by atoms with Gasteiger partial charge in [0.25, 0.3) is 0 Å². The quantitative estimate of drug-likeness (QED) is 0.156. The van der Waals surface area contributed by atoms with Crippen LogP contribution in [0.5, 0.6) is 0 Å². The number of dihydropyridines is 1. The van der Waals surface area contributed by atoms with Gasteiger partial charge in [0.2, 0.25) is 5.91 Å². The van der Waals surface area contributed by atoms with Crippen LogP contribution in [0.25, 0.3) is 0 Å². The number of rotatable bonds is 16. The second-order valence-corrected chi connectivity index (χ2v) is 16.4. The van der Waals surface area contributed by atoms with Crippen LogP contribution in [0.2, 0.25) is 10.0 Å². The Balaban J connectivity index is 1.27. The van der Waals surface area contributed by atoms with Gasteiger partial charge >= 0.3 is 11.9 Å². The molecule has 13 heteroatoms. The van der Waals surface area contributed by atoms with E-state index >= 15 is 0 Å². The zero-order chi connectivity index (χ0) is 40.6. The number of likely N-dealkylation sites (N-methyl/N-ethyl adjacent to an activating group) is 1. The van der Waals surface area contributed by atoms with Crippen molar-refractivity contribution < 1.29 is 28.6 Å². The molecule has 57 heavy (non-hydrogen) atoms. The minimum atomic E-state index is -1.06. The number of carbonyl (C=O) groups is 3. The van der Waals surface area contributed by atoms with Crippen LogP contribution in [-0.2, 0) is 41.6 Å². The maximum atomic E-state index is 14.2. The average Bonchev–Trinajstić information content (AvgIpc) is 3.40. The van der Waals surface area contributed by atoms with Crippen molar-refractivity contribution in [1.82, 2.24) is 24.9 Å². The standard InChI is InChI=1S/C44H59Cl2N5O6/c1-6-49(7-2)23-24-57-28-30-12-9-8-11-29(30)15-18-36-40(43(53)55-4)42(39-34(45)13-10-14-35(39)46)41(44(54)56-5)37(47-36)27-38(52)51-21-19-50(20-22-51)33-25-31-16-17-32(26-33)48(31)3/h8-14,31-33,42,47H,6-7,15-28H2,1-5H3/t31?,32?,33?,42-/m1/s1. The summed E-state index contributed by atoms with van der Waals surface area (Å²) in [6.45, 7) is 11.0. The van der Waals surface area contributed by atoms with E-state index in [9.17, 15) is 14.4 Å². The van der Waals surface area contributed by atoms with E-state index in [2.05, 4.69) is 53.0 Å². The third kappa shape index (κ3) is 9.89. The normalized spacial score (nSPS) is 22.9. The molecule has 3 atom stereocenters. The maximum absolute atomic E-state index is 14.2. The molecule has 0 spiro atoms. The summed E-state index contributed by atoms with van der Waals surface area (Å²) in [5.74, 6) is -2.50. The highest BCUT2D eigenvalue weighted by Gasteiger charge is 2.43. The molecule has 2 aromatic rings.